The fourth-order valence-electron chi connectivity index (χ4n) is 2.78. The third kappa shape index (κ3) is 1.82. The molecule has 0 saturated heterocycles. The number of H-pyrrole nitrogens is 1. The zero-order valence-corrected chi connectivity index (χ0v) is 9.80. The average molecular weight is 249 g/mol. The molecule has 0 radical (unpaired) electrons. The van der Waals surface area contributed by atoms with Gasteiger partial charge in [0, 0.05) is 17.8 Å². The van der Waals surface area contributed by atoms with Crippen LogP contribution in [0.15, 0.2) is 23.0 Å². The van der Waals surface area contributed by atoms with E-state index in [1.165, 1.54) is 12.1 Å². The molecule has 1 N–H and O–H groups in total. The number of hydrogen-bond donors (Lipinski definition) is 1. The number of rotatable bonds is 1. The predicted molar refractivity (Wildman–Crippen MR) is 65.7 cm³/mol. The van der Waals surface area contributed by atoms with Gasteiger partial charge < -0.3 is 4.98 Å². The highest BCUT2D eigenvalue weighted by molar-refractivity contribution is 5.79. The molecule has 1 aromatic carbocycles. The van der Waals surface area contributed by atoms with Crippen molar-refractivity contribution in [2.75, 3.05) is 0 Å². The van der Waals surface area contributed by atoms with E-state index < -0.39 is 11.6 Å². The summed E-state index contributed by atoms with van der Waals surface area (Å²) in [6.07, 6.45) is 4.34. The Bertz CT molecular complexity index is 657. The fraction of sp³-hybridized carbons (Fsp3) is 0.357. The molecule has 0 atom stereocenters. The van der Waals surface area contributed by atoms with Gasteiger partial charge >= 0.3 is 0 Å². The van der Waals surface area contributed by atoms with Crippen molar-refractivity contribution in [3.05, 3.63) is 45.8 Å². The molecule has 94 valence electrons. The zero-order valence-electron chi connectivity index (χ0n) is 9.80. The van der Waals surface area contributed by atoms with E-state index >= 15 is 0 Å². The van der Waals surface area contributed by atoms with Crippen LogP contribution in [0.1, 0.15) is 37.3 Å². The van der Waals surface area contributed by atoms with E-state index in [2.05, 4.69) is 4.98 Å². The maximum Gasteiger partial charge on any atom is 0.192 e. The zero-order chi connectivity index (χ0) is 12.7. The lowest BCUT2D eigenvalue weighted by molar-refractivity contribution is 0.590. The second kappa shape index (κ2) is 4.19. The summed E-state index contributed by atoms with van der Waals surface area (Å²) < 4.78 is 26.7. The normalized spacial score (nSPS) is 16.6. The Labute approximate surface area is 103 Å². The topological polar surface area (TPSA) is 32.9 Å². The Morgan fingerprint density at radius 3 is 2.56 bits per heavy atom. The van der Waals surface area contributed by atoms with Gasteiger partial charge in [-0.1, -0.05) is 12.8 Å². The van der Waals surface area contributed by atoms with Gasteiger partial charge in [-0.2, -0.15) is 0 Å². The summed E-state index contributed by atoms with van der Waals surface area (Å²) in [6.45, 7) is 0. The van der Waals surface area contributed by atoms with Crippen molar-refractivity contribution in [3.63, 3.8) is 0 Å². The third-order valence-corrected chi connectivity index (χ3v) is 3.66. The summed E-state index contributed by atoms with van der Waals surface area (Å²) in [6, 6.07) is 3.38. The van der Waals surface area contributed by atoms with E-state index in [9.17, 15) is 13.6 Å². The number of pyridine rings is 1. The summed E-state index contributed by atoms with van der Waals surface area (Å²) in [5, 5.41) is -0.0573. The Balaban J connectivity index is 2.23. The number of halogens is 2. The van der Waals surface area contributed by atoms with Crippen molar-refractivity contribution in [2.45, 2.75) is 31.6 Å². The first-order valence-electron chi connectivity index (χ1n) is 6.17. The van der Waals surface area contributed by atoms with Crippen LogP contribution in [0.4, 0.5) is 8.78 Å². The molecule has 1 fully saturated rings. The number of benzene rings is 1. The number of fused-ring (bicyclic) bond motifs is 1. The van der Waals surface area contributed by atoms with Crippen molar-refractivity contribution in [1.29, 1.82) is 0 Å². The number of aromatic amines is 1. The molecule has 18 heavy (non-hydrogen) atoms. The lowest BCUT2D eigenvalue weighted by Crippen LogP contribution is -2.09. The standard InChI is InChI=1S/C14H13F2NO/c15-9-5-10(16)14-12(6-9)17-11(7-13(14)18)8-3-1-2-4-8/h5-8H,1-4H2,(H,17,18). The van der Waals surface area contributed by atoms with Crippen LogP contribution in [0.25, 0.3) is 10.9 Å². The van der Waals surface area contributed by atoms with Crippen molar-refractivity contribution in [2.24, 2.45) is 0 Å². The summed E-state index contributed by atoms with van der Waals surface area (Å²) in [5.74, 6) is -1.16. The lowest BCUT2D eigenvalue weighted by atomic mass is 10.0. The highest BCUT2D eigenvalue weighted by Gasteiger charge is 2.19. The van der Waals surface area contributed by atoms with Crippen molar-refractivity contribution < 1.29 is 8.78 Å². The molecule has 2 aromatic rings. The maximum absolute atomic E-state index is 13.6. The van der Waals surface area contributed by atoms with Crippen molar-refractivity contribution in [3.8, 4) is 0 Å². The minimum Gasteiger partial charge on any atom is -0.358 e. The molecule has 1 aromatic heterocycles. The van der Waals surface area contributed by atoms with Gasteiger partial charge in [-0.3, -0.25) is 4.79 Å². The molecule has 1 heterocycles. The molecule has 1 aliphatic carbocycles. The Hall–Kier alpha value is -1.71. The molecule has 0 spiro atoms. The minimum absolute atomic E-state index is 0.0573. The number of hydrogen-bond acceptors (Lipinski definition) is 1. The van der Waals surface area contributed by atoms with Crippen LogP contribution in [0.3, 0.4) is 0 Å². The molecule has 0 bridgehead atoms. The highest BCUT2D eigenvalue weighted by Crippen LogP contribution is 2.33. The molecule has 1 saturated carbocycles. The number of aromatic nitrogens is 1. The van der Waals surface area contributed by atoms with Gasteiger partial charge in [0.15, 0.2) is 5.43 Å². The van der Waals surface area contributed by atoms with E-state index in [-0.39, 0.29) is 16.3 Å². The van der Waals surface area contributed by atoms with Gasteiger partial charge in [0.1, 0.15) is 11.6 Å². The third-order valence-electron chi connectivity index (χ3n) is 3.66. The molecular weight excluding hydrogens is 236 g/mol. The average Bonchev–Trinajstić information content (AvgIpc) is 2.80. The van der Waals surface area contributed by atoms with Crippen LogP contribution in [-0.2, 0) is 0 Å². The summed E-state index contributed by atoms with van der Waals surface area (Å²) >= 11 is 0. The summed E-state index contributed by atoms with van der Waals surface area (Å²) in [5.41, 5.74) is 0.681. The molecule has 4 heteroatoms. The van der Waals surface area contributed by atoms with E-state index in [0.717, 1.165) is 37.4 Å². The maximum atomic E-state index is 13.6. The van der Waals surface area contributed by atoms with Crippen LogP contribution in [0.5, 0.6) is 0 Å². The molecule has 2 nitrogen and oxygen atoms in total. The van der Waals surface area contributed by atoms with Crippen LogP contribution < -0.4 is 5.43 Å². The van der Waals surface area contributed by atoms with E-state index in [4.69, 9.17) is 0 Å². The second-order valence-corrected chi connectivity index (χ2v) is 4.88. The second-order valence-electron chi connectivity index (χ2n) is 4.88. The molecule has 0 aliphatic heterocycles. The van der Waals surface area contributed by atoms with Gasteiger partial charge in [-0.25, -0.2) is 8.78 Å². The van der Waals surface area contributed by atoms with Gasteiger partial charge in [0.2, 0.25) is 0 Å². The first-order valence-corrected chi connectivity index (χ1v) is 6.17. The van der Waals surface area contributed by atoms with E-state index in [1.54, 1.807) is 0 Å². The molecule has 1 aliphatic rings. The SMILES string of the molecule is O=c1cc(C2CCCC2)[nH]c2cc(F)cc(F)c12. The highest BCUT2D eigenvalue weighted by atomic mass is 19.1. The fourth-order valence-corrected chi connectivity index (χ4v) is 2.78. The first-order chi connectivity index (χ1) is 8.65. The van der Waals surface area contributed by atoms with Gasteiger partial charge in [-0.05, 0) is 24.8 Å². The smallest absolute Gasteiger partial charge is 0.192 e. The predicted octanol–water partition coefficient (Wildman–Crippen LogP) is 3.46. The molecular formula is C14H13F2NO. The monoisotopic (exact) mass is 249 g/mol. The number of nitrogens with one attached hydrogen (secondary N) is 1. The summed E-state index contributed by atoms with van der Waals surface area (Å²) in [7, 11) is 0. The Kier molecular flexibility index (Phi) is 2.65. The van der Waals surface area contributed by atoms with Gasteiger partial charge in [0.05, 0.1) is 10.9 Å². The largest absolute Gasteiger partial charge is 0.358 e. The van der Waals surface area contributed by atoms with Crippen LogP contribution in [-0.4, -0.2) is 4.98 Å². The molecule has 0 amide bonds. The van der Waals surface area contributed by atoms with Crippen LogP contribution in [0.2, 0.25) is 0 Å². The van der Waals surface area contributed by atoms with Crippen LogP contribution in [0, 0.1) is 11.6 Å². The first kappa shape index (κ1) is 11.4. The molecule has 3 rings (SSSR count). The Morgan fingerprint density at radius 2 is 1.83 bits per heavy atom. The van der Waals surface area contributed by atoms with Crippen LogP contribution >= 0.6 is 0 Å². The minimum atomic E-state index is -0.802. The van der Waals surface area contributed by atoms with Gasteiger partial charge in [0.25, 0.3) is 0 Å². The van der Waals surface area contributed by atoms with E-state index in [1.807, 2.05) is 0 Å². The lowest BCUT2D eigenvalue weighted by Gasteiger charge is -2.10. The van der Waals surface area contributed by atoms with Crippen molar-refractivity contribution in [1.82, 2.24) is 4.98 Å². The van der Waals surface area contributed by atoms with E-state index in [0.29, 0.717) is 5.92 Å². The molecule has 0 unspecified atom stereocenters. The van der Waals surface area contributed by atoms with Crippen molar-refractivity contribution >= 4 is 10.9 Å². The Morgan fingerprint density at radius 1 is 1.11 bits per heavy atom. The quantitative estimate of drug-likeness (QED) is 0.824. The summed E-state index contributed by atoms with van der Waals surface area (Å²) in [4.78, 5) is 14.9. The van der Waals surface area contributed by atoms with Gasteiger partial charge in [-0.15, -0.1) is 0 Å².